The maximum atomic E-state index is 12.3. The van der Waals surface area contributed by atoms with Gasteiger partial charge in [0.15, 0.2) is 0 Å². The molecular weight excluding hydrogens is 306 g/mol. The first-order chi connectivity index (χ1) is 10.6. The van der Waals surface area contributed by atoms with Crippen molar-refractivity contribution in [3.63, 3.8) is 0 Å². The summed E-state index contributed by atoms with van der Waals surface area (Å²) in [5, 5.41) is 11.8. The molecule has 4 nitrogen and oxygen atoms in total. The maximum Gasteiger partial charge on any atom is 0.288 e. The zero-order chi connectivity index (χ0) is 15.5. The van der Waals surface area contributed by atoms with Crippen molar-refractivity contribution in [3.8, 4) is 0 Å². The number of hydrogen-bond acceptors (Lipinski definition) is 4. The lowest BCUT2D eigenvalue weighted by Crippen LogP contribution is -2.20. The highest BCUT2D eigenvalue weighted by molar-refractivity contribution is 7.99. The van der Waals surface area contributed by atoms with E-state index < -0.39 is 5.76 Å². The van der Waals surface area contributed by atoms with Gasteiger partial charge in [-0.1, -0.05) is 23.9 Å². The predicted molar refractivity (Wildman–Crippen MR) is 81.9 cm³/mol. The Labute approximate surface area is 132 Å². The molecular formula is C15H18F2N4S. The van der Waals surface area contributed by atoms with Crippen LogP contribution >= 0.6 is 11.8 Å². The fraction of sp³-hybridized carbons (Fsp3) is 0.467. The average Bonchev–Trinajstić information content (AvgIpc) is 3.08. The van der Waals surface area contributed by atoms with Crippen molar-refractivity contribution in [1.29, 1.82) is 0 Å². The second kappa shape index (κ2) is 6.75. The summed E-state index contributed by atoms with van der Waals surface area (Å²) >= 11 is 0.568. The normalized spacial score (nSPS) is 15.3. The predicted octanol–water partition coefficient (Wildman–Crippen LogP) is 3.39. The molecule has 1 aromatic carbocycles. The Morgan fingerprint density at radius 1 is 1.27 bits per heavy atom. The van der Waals surface area contributed by atoms with E-state index in [1.807, 2.05) is 12.1 Å². The van der Waals surface area contributed by atoms with E-state index in [9.17, 15) is 8.78 Å². The van der Waals surface area contributed by atoms with E-state index in [1.54, 1.807) is 12.1 Å². The van der Waals surface area contributed by atoms with Gasteiger partial charge in [-0.05, 0) is 31.0 Å². The van der Waals surface area contributed by atoms with Gasteiger partial charge in [-0.25, -0.2) is 0 Å². The van der Waals surface area contributed by atoms with Crippen LogP contribution in [-0.4, -0.2) is 20.5 Å². The number of nitrogens with one attached hydrogen (secondary N) is 1. The molecule has 0 radical (unpaired) electrons. The molecule has 1 aromatic heterocycles. The van der Waals surface area contributed by atoms with E-state index in [0.717, 1.165) is 36.6 Å². The van der Waals surface area contributed by atoms with Crippen LogP contribution in [0.15, 0.2) is 29.2 Å². The molecule has 0 fully saturated rings. The van der Waals surface area contributed by atoms with Gasteiger partial charge in [0, 0.05) is 23.9 Å². The summed E-state index contributed by atoms with van der Waals surface area (Å²) < 4.78 is 26.8. The third-order valence-corrected chi connectivity index (χ3v) is 4.58. The summed E-state index contributed by atoms with van der Waals surface area (Å²) in [4.78, 5) is 0.584. The third-order valence-electron chi connectivity index (χ3n) is 3.86. The minimum Gasteiger partial charge on any atom is -0.314 e. The van der Waals surface area contributed by atoms with Crippen LogP contribution in [0.25, 0.3) is 0 Å². The SMILES string of the molecule is C[C@@H](NCc1nnc2n1CCC2)c1ccc(SC(F)F)cc1. The highest BCUT2D eigenvalue weighted by Gasteiger charge is 2.17. The third kappa shape index (κ3) is 3.47. The fourth-order valence-electron chi connectivity index (χ4n) is 2.64. The van der Waals surface area contributed by atoms with E-state index in [2.05, 4.69) is 27.0 Å². The first-order valence-corrected chi connectivity index (χ1v) is 8.20. The number of nitrogens with zero attached hydrogens (tertiary/aromatic N) is 3. The lowest BCUT2D eigenvalue weighted by atomic mass is 10.1. The van der Waals surface area contributed by atoms with Crippen molar-refractivity contribution < 1.29 is 8.78 Å². The first-order valence-electron chi connectivity index (χ1n) is 7.32. The van der Waals surface area contributed by atoms with E-state index in [1.165, 1.54) is 0 Å². The summed E-state index contributed by atoms with van der Waals surface area (Å²) in [7, 11) is 0. The number of alkyl halides is 2. The van der Waals surface area contributed by atoms with E-state index in [-0.39, 0.29) is 6.04 Å². The van der Waals surface area contributed by atoms with Crippen LogP contribution in [0.1, 0.15) is 36.6 Å². The monoisotopic (exact) mass is 324 g/mol. The van der Waals surface area contributed by atoms with E-state index >= 15 is 0 Å². The molecule has 7 heteroatoms. The largest absolute Gasteiger partial charge is 0.314 e. The smallest absolute Gasteiger partial charge is 0.288 e. The van der Waals surface area contributed by atoms with Crippen molar-refractivity contribution in [2.75, 3.05) is 0 Å². The molecule has 3 rings (SSSR count). The molecule has 1 aliphatic heterocycles. The molecule has 0 unspecified atom stereocenters. The van der Waals surface area contributed by atoms with Gasteiger partial charge in [-0.3, -0.25) is 0 Å². The Hall–Kier alpha value is -1.47. The Balaban J connectivity index is 1.58. The molecule has 1 N–H and O–H groups in total. The first kappa shape index (κ1) is 15.4. The van der Waals surface area contributed by atoms with Crippen LogP contribution in [0, 0.1) is 0 Å². The number of rotatable bonds is 6. The highest BCUT2D eigenvalue weighted by atomic mass is 32.2. The van der Waals surface area contributed by atoms with Crippen LogP contribution in [0.2, 0.25) is 0 Å². The average molecular weight is 324 g/mol. The molecule has 0 saturated carbocycles. The van der Waals surface area contributed by atoms with Gasteiger partial charge < -0.3 is 9.88 Å². The number of hydrogen-bond donors (Lipinski definition) is 1. The van der Waals surface area contributed by atoms with Gasteiger partial charge >= 0.3 is 0 Å². The molecule has 0 bridgehead atoms. The molecule has 0 aliphatic carbocycles. The fourth-order valence-corrected chi connectivity index (χ4v) is 3.14. The number of halogens is 2. The van der Waals surface area contributed by atoms with E-state index in [0.29, 0.717) is 23.2 Å². The zero-order valence-corrected chi connectivity index (χ0v) is 13.1. The molecule has 2 aromatic rings. The van der Waals surface area contributed by atoms with Gasteiger partial charge in [0.2, 0.25) is 0 Å². The number of aromatic nitrogens is 3. The van der Waals surface area contributed by atoms with Gasteiger partial charge in [0.25, 0.3) is 5.76 Å². The highest BCUT2D eigenvalue weighted by Crippen LogP contribution is 2.26. The Bertz CT molecular complexity index is 627. The quantitative estimate of drug-likeness (QED) is 0.827. The Morgan fingerprint density at radius 2 is 2.05 bits per heavy atom. The molecule has 2 heterocycles. The number of aryl methyl sites for hydroxylation is 1. The zero-order valence-electron chi connectivity index (χ0n) is 12.3. The van der Waals surface area contributed by atoms with Crippen molar-refractivity contribution in [2.24, 2.45) is 0 Å². The molecule has 1 aliphatic rings. The van der Waals surface area contributed by atoms with Crippen molar-refractivity contribution >= 4 is 11.8 Å². The molecule has 22 heavy (non-hydrogen) atoms. The minimum absolute atomic E-state index is 0.125. The standard InChI is InChI=1S/C15H18F2N4S/c1-10(11-4-6-12(7-5-11)22-15(16)17)18-9-14-20-19-13-3-2-8-21(13)14/h4-7,10,15,18H,2-3,8-9H2,1H3/t10-/m1/s1. The summed E-state index contributed by atoms with van der Waals surface area (Å²) in [6, 6.07) is 7.37. The van der Waals surface area contributed by atoms with Crippen LogP contribution in [0.5, 0.6) is 0 Å². The lowest BCUT2D eigenvalue weighted by molar-refractivity contribution is 0.252. The van der Waals surface area contributed by atoms with Crippen LogP contribution in [0.3, 0.4) is 0 Å². The summed E-state index contributed by atoms with van der Waals surface area (Å²) in [6.45, 7) is 3.70. The second-order valence-corrected chi connectivity index (χ2v) is 6.40. The lowest BCUT2D eigenvalue weighted by Gasteiger charge is -2.14. The van der Waals surface area contributed by atoms with Gasteiger partial charge in [0.05, 0.1) is 6.54 Å². The van der Waals surface area contributed by atoms with Crippen molar-refractivity contribution in [3.05, 3.63) is 41.5 Å². The molecule has 0 amide bonds. The van der Waals surface area contributed by atoms with Gasteiger partial charge in [0.1, 0.15) is 11.6 Å². The molecule has 0 saturated heterocycles. The van der Waals surface area contributed by atoms with Crippen LogP contribution < -0.4 is 5.32 Å². The van der Waals surface area contributed by atoms with Crippen molar-refractivity contribution in [2.45, 2.75) is 49.5 Å². The topological polar surface area (TPSA) is 42.7 Å². The minimum atomic E-state index is -2.38. The number of fused-ring (bicyclic) bond motifs is 1. The summed E-state index contributed by atoms with van der Waals surface area (Å²) in [5.74, 6) is -0.349. The van der Waals surface area contributed by atoms with Crippen LogP contribution in [0.4, 0.5) is 8.78 Å². The maximum absolute atomic E-state index is 12.3. The van der Waals surface area contributed by atoms with Gasteiger partial charge in [-0.15, -0.1) is 10.2 Å². The Morgan fingerprint density at radius 3 is 2.77 bits per heavy atom. The summed E-state index contributed by atoms with van der Waals surface area (Å²) in [6.07, 6.45) is 2.14. The number of benzene rings is 1. The molecule has 1 atom stereocenters. The summed E-state index contributed by atoms with van der Waals surface area (Å²) in [5.41, 5.74) is 1.07. The van der Waals surface area contributed by atoms with Crippen LogP contribution in [-0.2, 0) is 19.5 Å². The molecule has 0 spiro atoms. The van der Waals surface area contributed by atoms with E-state index in [4.69, 9.17) is 0 Å². The van der Waals surface area contributed by atoms with Crippen molar-refractivity contribution in [1.82, 2.24) is 20.1 Å². The van der Waals surface area contributed by atoms with Gasteiger partial charge in [-0.2, -0.15) is 8.78 Å². The molecule has 118 valence electrons. The second-order valence-electron chi connectivity index (χ2n) is 5.34. The number of thioether (sulfide) groups is 1. The Kier molecular flexibility index (Phi) is 4.73.